The molecule has 0 aliphatic carbocycles. The van der Waals surface area contributed by atoms with E-state index in [0.29, 0.717) is 5.69 Å². The first kappa shape index (κ1) is 21.9. The molecule has 1 aromatic rings. The maximum absolute atomic E-state index is 12.6. The maximum Gasteiger partial charge on any atom is 1.00 e. The number of anilines is 1. The number of phenolic OH excluding ortho intramolecular Hbond substituents is 1. The second kappa shape index (κ2) is 8.14. The van der Waals surface area contributed by atoms with E-state index in [1.54, 1.807) is 0 Å². The molecule has 0 radical (unpaired) electrons. The van der Waals surface area contributed by atoms with Gasteiger partial charge in [-0.15, -0.1) is 0 Å². The summed E-state index contributed by atoms with van der Waals surface area (Å²) in [6.45, 7) is -0.772. The van der Waals surface area contributed by atoms with Gasteiger partial charge in [-0.05, 0) is 24.3 Å². The van der Waals surface area contributed by atoms with E-state index < -0.39 is 54.5 Å². The second-order valence-electron chi connectivity index (χ2n) is 6.58. The molecule has 2 fully saturated rings. The van der Waals surface area contributed by atoms with Gasteiger partial charge >= 0.3 is 41.7 Å². The minimum Gasteiger partial charge on any atom is -0.543 e. The van der Waals surface area contributed by atoms with Gasteiger partial charge in [0.25, 0.3) is 5.91 Å². The van der Waals surface area contributed by atoms with Crippen molar-refractivity contribution in [3.63, 3.8) is 0 Å². The monoisotopic (exact) mass is 426 g/mol. The van der Waals surface area contributed by atoms with Crippen LogP contribution < -0.4 is 45.7 Å². The van der Waals surface area contributed by atoms with Crippen molar-refractivity contribution in [3.05, 3.63) is 35.5 Å². The third-order valence-corrected chi connectivity index (χ3v) is 4.98. The number of urea groups is 1. The molecular formula is C17H15N4NaO8. The molecule has 13 heteroatoms. The van der Waals surface area contributed by atoms with Crippen molar-refractivity contribution in [2.24, 2.45) is 5.73 Å². The molecule has 1 aromatic carbocycles. The van der Waals surface area contributed by atoms with Gasteiger partial charge in [0.15, 0.2) is 0 Å². The van der Waals surface area contributed by atoms with Crippen LogP contribution in [0.3, 0.4) is 0 Å². The number of β-lactam (4-membered cyclic amide) rings is 1. The first-order valence-corrected chi connectivity index (χ1v) is 8.47. The van der Waals surface area contributed by atoms with E-state index in [2.05, 4.69) is 10.1 Å². The van der Waals surface area contributed by atoms with Gasteiger partial charge < -0.3 is 35.5 Å². The molecule has 3 atom stereocenters. The predicted octanol–water partition coefficient (Wildman–Crippen LogP) is -4.72. The molecule has 4 amide bonds. The van der Waals surface area contributed by atoms with Gasteiger partial charge in [-0.2, -0.15) is 0 Å². The minimum atomic E-state index is -1.63. The summed E-state index contributed by atoms with van der Waals surface area (Å²) in [5.74, 6) is -2.22. The number of hydrogen-bond donors (Lipinski definition) is 3. The Labute approximate surface area is 191 Å². The molecule has 152 valence electrons. The molecule has 0 saturated carbocycles. The zero-order valence-electron chi connectivity index (χ0n) is 15.7. The molecule has 4 rings (SSSR count). The van der Waals surface area contributed by atoms with Crippen molar-refractivity contribution in [2.75, 3.05) is 18.7 Å². The largest absolute Gasteiger partial charge is 1.00 e. The first-order chi connectivity index (χ1) is 13.8. The Hall–Kier alpha value is -2.80. The molecular weight excluding hydrogens is 411 g/mol. The Balaban J connectivity index is 0.00000256. The zero-order chi connectivity index (χ0) is 20.9. The number of amides is 4. The van der Waals surface area contributed by atoms with Crippen LogP contribution in [0.1, 0.15) is 0 Å². The van der Waals surface area contributed by atoms with Crippen LogP contribution in [-0.2, 0) is 19.1 Å². The maximum atomic E-state index is 12.6. The van der Waals surface area contributed by atoms with Gasteiger partial charge in [-0.3, -0.25) is 14.6 Å². The number of carboxylic acid groups (broad SMARTS) is 1. The van der Waals surface area contributed by atoms with E-state index in [4.69, 9.17) is 10.5 Å². The number of carbonyl (C=O) groups is 4. The zero-order valence-corrected chi connectivity index (χ0v) is 17.7. The van der Waals surface area contributed by atoms with Gasteiger partial charge in [0, 0.05) is 11.3 Å². The third kappa shape index (κ3) is 3.47. The molecule has 3 aliphatic rings. The Morgan fingerprint density at radius 1 is 1.30 bits per heavy atom. The number of primary amides is 1. The van der Waals surface area contributed by atoms with Crippen LogP contribution >= 0.6 is 0 Å². The fraction of sp³-hybridized carbons (Fsp3) is 0.294. The van der Waals surface area contributed by atoms with Crippen molar-refractivity contribution < 1.29 is 68.4 Å². The normalized spacial score (nSPS) is 23.9. The summed E-state index contributed by atoms with van der Waals surface area (Å²) in [6.07, 6.45) is -1.99. The van der Waals surface area contributed by atoms with E-state index in [1.807, 2.05) is 0 Å². The average Bonchev–Trinajstić information content (AvgIpc) is 3.00. The second-order valence-corrected chi connectivity index (χ2v) is 6.58. The summed E-state index contributed by atoms with van der Waals surface area (Å²) in [5.41, 5.74) is 4.92. The van der Waals surface area contributed by atoms with Crippen molar-refractivity contribution in [2.45, 2.75) is 18.2 Å². The van der Waals surface area contributed by atoms with Gasteiger partial charge in [0.2, 0.25) is 0 Å². The minimum absolute atomic E-state index is 0. The van der Waals surface area contributed by atoms with E-state index in [0.717, 1.165) is 9.80 Å². The van der Waals surface area contributed by atoms with Crippen molar-refractivity contribution >= 4 is 29.7 Å². The summed E-state index contributed by atoms with van der Waals surface area (Å²) in [6, 6.07) is 3.34. The molecule has 3 heterocycles. The van der Waals surface area contributed by atoms with Crippen LogP contribution in [0, 0.1) is 0 Å². The van der Waals surface area contributed by atoms with E-state index in [9.17, 15) is 29.4 Å². The van der Waals surface area contributed by atoms with Crippen molar-refractivity contribution in [1.82, 2.24) is 9.80 Å². The number of nitrogens with zero attached hydrogens (tertiary/aromatic N) is 2. The topological polar surface area (TPSA) is 175 Å². The molecule has 3 aliphatic heterocycles. The number of benzene rings is 1. The van der Waals surface area contributed by atoms with Gasteiger partial charge in [0.05, 0.1) is 17.7 Å². The van der Waals surface area contributed by atoms with Crippen molar-refractivity contribution in [3.8, 4) is 5.75 Å². The molecule has 30 heavy (non-hydrogen) atoms. The number of aliphatic carboxylic acids is 1. The summed E-state index contributed by atoms with van der Waals surface area (Å²) in [5, 5.41) is 23.4. The SMILES string of the molecule is NC(=O)OCC1=C(C(=O)[O-])N2C(=O)[C@@H]3[C@H]2C1OCN3C(=O)Nc1ccc(O)cc1.[Na+]. The number of aromatic hydroxyl groups is 1. The van der Waals surface area contributed by atoms with E-state index in [1.165, 1.54) is 24.3 Å². The number of carboxylic acids is 1. The fourth-order valence-corrected chi connectivity index (χ4v) is 3.76. The quantitative estimate of drug-likeness (QED) is 0.244. The summed E-state index contributed by atoms with van der Waals surface area (Å²) >= 11 is 0. The number of hydrogen-bond acceptors (Lipinski definition) is 8. The molecule has 4 N–H and O–H groups in total. The Morgan fingerprint density at radius 3 is 2.57 bits per heavy atom. The molecule has 0 spiro atoms. The van der Waals surface area contributed by atoms with Gasteiger partial charge in [0.1, 0.15) is 31.2 Å². The first-order valence-electron chi connectivity index (χ1n) is 8.47. The Kier molecular flexibility index (Phi) is 5.94. The number of nitrogens with one attached hydrogen (secondary N) is 1. The molecule has 0 bridgehead atoms. The van der Waals surface area contributed by atoms with Gasteiger partial charge in [-0.25, -0.2) is 9.59 Å². The molecule has 1 unspecified atom stereocenters. The van der Waals surface area contributed by atoms with Crippen LogP contribution in [0.25, 0.3) is 0 Å². The predicted molar refractivity (Wildman–Crippen MR) is 90.7 cm³/mol. The van der Waals surface area contributed by atoms with Crippen LogP contribution in [0.4, 0.5) is 15.3 Å². The number of nitrogens with two attached hydrogens (primary N) is 1. The number of rotatable bonds is 4. The summed E-state index contributed by atoms with van der Waals surface area (Å²) in [7, 11) is 0. The molecule has 2 saturated heterocycles. The number of carbonyl (C=O) groups excluding carboxylic acids is 4. The summed E-state index contributed by atoms with van der Waals surface area (Å²) in [4.78, 5) is 49.8. The molecule has 0 aromatic heterocycles. The van der Waals surface area contributed by atoms with Crippen molar-refractivity contribution in [1.29, 1.82) is 0 Å². The summed E-state index contributed by atoms with van der Waals surface area (Å²) < 4.78 is 10.3. The standard InChI is InChI=1S/C17H16N4O8.Na/c18-16(26)28-5-9-10(15(24)25)21-11-12(14(21)23)20(6-29-13(9)11)17(27)19-7-1-3-8(22)4-2-7;/h1-4,11-13,22H,5-6H2,(H2,18,26)(H,19,27)(H,24,25);/q;+1/p-1/t11-,12-,13?;/m0./s1. The molecule has 12 nitrogen and oxygen atoms in total. The van der Waals surface area contributed by atoms with Crippen LogP contribution in [0.15, 0.2) is 35.5 Å². The van der Waals surface area contributed by atoms with Crippen LogP contribution in [0.5, 0.6) is 5.75 Å². The van der Waals surface area contributed by atoms with Crippen LogP contribution in [0.2, 0.25) is 0 Å². The van der Waals surface area contributed by atoms with Gasteiger partial charge in [-0.1, -0.05) is 0 Å². The van der Waals surface area contributed by atoms with Crippen LogP contribution in [-0.4, -0.2) is 70.4 Å². The van der Waals surface area contributed by atoms with E-state index in [-0.39, 0.29) is 47.6 Å². The van der Waals surface area contributed by atoms with E-state index >= 15 is 0 Å². The number of phenols is 1. The number of ether oxygens (including phenoxy) is 2. The Morgan fingerprint density at radius 2 is 1.97 bits per heavy atom. The third-order valence-electron chi connectivity index (χ3n) is 4.98. The Bertz CT molecular complexity index is 950. The smallest absolute Gasteiger partial charge is 0.543 e. The fourth-order valence-electron chi connectivity index (χ4n) is 3.76. The average molecular weight is 426 g/mol.